The van der Waals surface area contributed by atoms with Gasteiger partial charge in [0.15, 0.2) is 5.78 Å². The molecule has 0 aromatic heterocycles. The Bertz CT molecular complexity index is 589. The van der Waals surface area contributed by atoms with Crippen LogP contribution in [0.25, 0.3) is 0 Å². The van der Waals surface area contributed by atoms with Crippen molar-refractivity contribution in [1.29, 1.82) is 0 Å². The number of aliphatic carboxylic acids is 1. The van der Waals surface area contributed by atoms with Gasteiger partial charge in [0.2, 0.25) is 5.91 Å². The van der Waals surface area contributed by atoms with Crippen LogP contribution in [-0.2, 0) is 16.0 Å². The molecular weight excluding hydrogens is 246 g/mol. The lowest BCUT2D eigenvalue weighted by Gasteiger charge is -2.32. The molecule has 0 saturated carbocycles. The van der Waals surface area contributed by atoms with Gasteiger partial charge in [-0.05, 0) is 44.5 Å². The Kier molecular flexibility index (Phi) is 2.92. The zero-order chi connectivity index (χ0) is 14.4. The third-order valence-electron chi connectivity index (χ3n) is 3.40. The fraction of sp³-hybridized carbons (Fsp3) is 0.357. The highest BCUT2D eigenvalue weighted by Gasteiger charge is 2.43. The second-order valence-electron chi connectivity index (χ2n) is 5.17. The van der Waals surface area contributed by atoms with Gasteiger partial charge in [0.25, 0.3) is 0 Å². The van der Waals surface area contributed by atoms with Gasteiger partial charge in [0.1, 0.15) is 5.54 Å². The van der Waals surface area contributed by atoms with Crippen molar-refractivity contribution in [3.8, 4) is 0 Å². The normalized spacial score (nSPS) is 14.5. The van der Waals surface area contributed by atoms with Crippen molar-refractivity contribution in [2.24, 2.45) is 0 Å². The van der Waals surface area contributed by atoms with E-state index < -0.39 is 11.5 Å². The molecule has 1 aliphatic rings. The van der Waals surface area contributed by atoms with E-state index in [1.807, 2.05) is 0 Å². The van der Waals surface area contributed by atoms with Crippen LogP contribution in [0.4, 0.5) is 5.69 Å². The first-order chi connectivity index (χ1) is 8.75. The third-order valence-corrected chi connectivity index (χ3v) is 3.40. The van der Waals surface area contributed by atoms with Crippen molar-refractivity contribution in [3.05, 3.63) is 29.3 Å². The van der Waals surface area contributed by atoms with Gasteiger partial charge in [-0.15, -0.1) is 0 Å². The largest absolute Gasteiger partial charge is 0.480 e. The molecule has 1 aromatic carbocycles. The maximum Gasteiger partial charge on any atom is 0.329 e. The maximum atomic E-state index is 12.0. The smallest absolute Gasteiger partial charge is 0.329 e. The Morgan fingerprint density at radius 1 is 1.32 bits per heavy atom. The van der Waals surface area contributed by atoms with Crippen molar-refractivity contribution >= 4 is 23.3 Å². The number of rotatable bonds is 3. The van der Waals surface area contributed by atoms with E-state index in [1.165, 1.54) is 25.7 Å². The zero-order valence-corrected chi connectivity index (χ0v) is 11.1. The molecule has 2 rings (SSSR count). The van der Waals surface area contributed by atoms with Gasteiger partial charge in [0.05, 0.1) is 6.42 Å². The Morgan fingerprint density at radius 3 is 2.47 bits per heavy atom. The molecule has 1 heterocycles. The number of benzene rings is 1. The van der Waals surface area contributed by atoms with Crippen LogP contribution in [0.15, 0.2) is 18.2 Å². The minimum Gasteiger partial charge on any atom is -0.480 e. The molecule has 5 heteroatoms. The number of anilines is 1. The topological polar surface area (TPSA) is 74.7 Å². The first kappa shape index (κ1) is 13.3. The predicted molar refractivity (Wildman–Crippen MR) is 69.4 cm³/mol. The van der Waals surface area contributed by atoms with Crippen LogP contribution in [0.5, 0.6) is 0 Å². The summed E-state index contributed by atoms with van der Waals surface area (Å²) in [6.45, 7) is 4.43. The maximum absolute atomic E-state index is 12.0. The monoisotopic (exact) mass is 261 g/mol. The Labute approximate surface area is 110 Å². The number of hydrogen-bond donors (Lipinski definition) is 1. The minimum absolute atomic E-state index is 0.0776. The summed E-state index contributed by atoms with van der Waals surface area (Å²) in [6.07, 6.45) is 0.132. The first-order valence-corrected chi connectivity index (χ1v) is 5.95. The van der Waals surface area contributed by atoms with Gasteiger partial charge in [0, 0.05) is 11.3 Å². The Hall–Kier alpha value is -2.17. The third kappa shape index (κ3) is 2.01. The van der Waals surface area contributed by atoms with Crippen LogP contribution in [0, 0.1) is 0 Å². The van der Waals surface area contributed by atoms with Crippen molar-refractivity contribution in [3.63, 3.8) is 0 Å². The molecule has 0 unspecified atom stereocenters. The number of nitrogens with zero attached hydrogens (tertiary/aromatic N) is 1. The lowest BCUT2D eigenvalue weighted by atomic mass is 10.0. The molecule has 0 spiro atoms. The van der Waals surface area contributed by atoms with Crippen LogP contribution in [-0.4, -0.2) is 28.3 Å². The number of carboxylic acids is 1. The average molecular weight is 261 g/mol. The van der Waals surface area contributed by atoms with Gasteiger partial charge < -0.3 is 5.11 Å². The number of carbonyl (C=O) groups is 3. The second kappa shape index (κ2) is 4.19. The van der Waals surface area contributed by atoms with Crippen molar-refractivity contribution in [2.75, 3.05) is 4.90 Å². The Morgan fingerprint density at radius 2 is 1.95 bits per heavy atom. The van der Waals surface area contributed by atoms with Gasteiger partial charge in [-0.2, -0.15) is 0 Å². The van der Waals surface area contributed by atoms with E-state index in [2.05, 4.69) is 0 Å². The number of amides is 1. The van der Waals surface area contributed by atoms with Crippen LogP contribution < -0.4 is 4.90 Å². The zero-order valence-electron chi connectivity index (χ0n) is 11.1. The number of ketones is 1. The Balaban J connectivity index is 2.52. The number of carbonyl (C=O) groups excluding carboxylic acids is 2. The van der Waals surface area contributed by atoms with Gasteiger partial charge >= 0.3 is 5.97 Å². The highest BCUT2D eigenvalue weighted by atomic mass is 16.4. The number of fused-ring (bicyclic) bond motifs is 1. The average Bonchev–Trinajstić information content (AvgIpc) is 2.63. The van der Waals surface area contributed by atoms with Crippen LogP contribution in [0.2, 0.25) is 0 Å². The molecule has 0 bridgehead atoms. The predicted octanol–water partition coefficient (Wildman–Crippen LogP) is 1.64. The van der Waals surface area contributed by atoms with E-state index in [9.17, 15) is 19.5 Å². The molecule has 1 aromatic rings. The molecule has 0 aliphatic carbocycles. The lowest BCUT2D eigenvalue weighted by Crippen LogP contribution is -2.51. The molecule has 5 nitrogen and oxygen atoms in total. The van der Waals surface area contributed by atoms with Gasteiger partial charge in [-0.1, -0.05) is 0 Å². The number of carboxylic acid groups (broad SMARTS) is 1. The summed E-state index contributed by atoms with van der Waals surface area (Å²) in [6, 6.07) is 4.92. The highest BCUT2D eigenvalue weighted by Crippen LogP contribution is 2.35. The summed E-state index contributed by atoms with van der Waals surface area (Å²) in [5.41, 5.74) is 0.496. The lowest BCUT2D eigenvalue weighted by molar-refractivity contribution is -0.143. The van der Waals surface area contributed by atoms with E-state index in [4.69, 9.17) is 0 Å². The quantitative estimate of drug-likeness (QED) is 0.839. The van der Waals surface area contributed by atoms with E-state index in [0.29, 0.717) is 16.8 Å². The molecule has 1 aliphatic heterocycles. The molecular formula is C14H15NO4. The van der Waals surface area contributed by atoms with Crippen molar-refractivity contribution in [2.45, 2.75) is 32.7 Å². The fourth-order valence-electron chi connectivity index (χ4n) is 2.25. The minimum atomic E-state index is -1.31. The summed E-state index contributed by atoms with van der Waals surface area (Å²) in [5.74, 6) is -1.40. The van der Waals surface area contributed by atoms with E-state index in [-0.39, 0.29) is 18.1 Å². The van der Waals surface area contributed by atoms with E-state index >= 15 is 0 Å². The van der Waals surface area contributed by atoms with Gasteiger partial charge in [-0.25, -0.2) is 4.79 Å². The first-order valence-electron chi connectivity index (χ1n) is 5.95. The summed E-state index contributed by atoms with van der Waals surface area (Å²) in [4.78, 5) is 35.9. The standard InChI is InChI=1S/C14H15NO4/c1-8(16)9-4-5-11-10(6-9)7-12(17)15(11)14(2,3)13(18)19/h4-6H,7H2,1-3H3,(H,18,19). The molecule has 0 fully saturated rings. The van der Waals surface area contributed by atoms with Crippen molar-refractivity contribution in [1.82, 2.24) is 0 Å². The number of Topliss-reactive ketones (excluding diaryl/α,β-unsaturated/α-hetero) is 1. The highest BCUT2D eigenvalue weighted by molar-refractivity contribution is 6.08. The molecule has 1 N–H and O–H groups in total. The molecule has 100 valence electrons. The van der Waals surface area contributed by atoms with E-state index in [0.717, 1.165) is 0 Å². The summed E-state index contributed by atoms with van der Waals surface area (Å²) >= 11 is 0. The van der Waals surface area contributed by atoms with Gasteiger partial charge in [-0.3, -0.25) is 14.5 Å². The van der Waals surface area contributed by atoms with Crippen LogP contribution in [0.3, 0.4) is 0 Å². The van der Waals surface area contributed by atoms with Crippen molar-refractivity contribution < 1.29 is 19.5 Å². The molecule has 19 heavy (non-hydrogen) atoms. The second-order valence-corrected chi connectivity index (χ2v) is 5.17. The van der Waals surface area contributed by atoms with Crippen LogP contribution in [0.1, 0.15) is 36.7 Å². The summed E-state index contributed by atoms with van der Waals surface area (Å²) < 4.78 is 0. The molecule has 0 radical (unpaired) electrons. The van der Waals surface area contributed by atoms with Crippen LogP contribution >= 0.6 is 0 Å². The van der Waals surface area contributed by atoms with E-state index in [1.54, 1.807) is 18.2 Å². The summed E-state index contributed by atoms with van der Waals surface area (Å²) in [5, 5.41) is 9.24. The number of hydrogen-bond acceptors (Lipinski definition) is 3. The molecule has 1 amide bonds. The fourth-order valence-corrected chi connectivity index (χ4v) is 2.25. The summed E-state index contributed by atoms with van der Waals surface area (Å²) in [7, 11) is 0. The SMILES string of the molecule is CC(=O)c1ccc2c(c1)CC(=O)N2C(C)(C)C(=O)O. The molecule has 0 atom stereocenters. The molecule has 0 saturated heterocycles.